The molecule has 0 radical (unpaired) electrons. The van der Waals surface area contributed by atoms with Gasteiger partial charge in [-0.15, -0.1) is 0 Å². The van der Waals surface area contributed by atoms with Gasteiger partial charge in [-0.2, -0.15) is 5.26 Å². The summed E-state index contributed by atoms with van der Waals surface area (Å²) in [5.41, 5.74) is 1.60. The minimum Gasteiger partial charge on any atom is -0.305 e. The van der Waals surface area contributed by atoms with E-state index < -0.39 is 0 Å². The lowest BCUT2D eigenvalue weighted by atomic mass is 10.0. The Labute approximate surface area is 109 Å². The van der Waals surface area contributed by atoms with Crippen LogP contribution in [0.15, 0.2) is 18.3 Å². The maximum absolute atomic E-state index is 9.05. The molecule has 0 bridgehead atoms. The summed E-state index contributed by atoms with van der Waals surface area (Å²) in [7, 11) is 4.28. The van der Waals surface area contributed by atoms with E-state index in [0.717, 1.165) is 25.2 Å². The molecule has 1 aliphatic heterocycles. The molecule has 0 aliphatic carbocycles. The first kappa shape index (κ1) is 13.0. The third-order valence-corrected chi connectivity index (χ3v) is 3.60. The number of piperidine rings is 1. The normalized spacial score (nSPS) is 20.9. The molecule has 0 amide bonds. The summed E-state index contributed by atoms with van der Waals surface area (Å²) < 4.78 is 0. The Morgan fingerprint density at radius 1 is 1.56 bits per heavy atom. The van der Waals surface area contributed by atoms with E-state index in [1.807, 2.05) is 12.1 Å². The number of hydrogen-bond donors (Lipinski definition) is 0. The highest BCUT2D eigenvalue weighted by molar-refractivity contribution is 5.30. The van der Waals surface area contributed by atoms with Crippen LogP contribution in [-0.2, 0) is 6.54 Å². The Morgan fingerprint density at radius 2 is 2.39 bits per heavy atom. The molecule has 1 aromatic heterocycles. The zero-order valence-electron chi connectivity index (χ0n) is 11.1. The minimum absolute atomic E-state index is 0.560. The van der Waals surface area contributed by atoms with Gasteiger partial charge < -0.3 is 4.90 Å². The Morgan fingerprint density at radius 3 is 3.11 bits per heavy atom. The SMILES string of the molecule is CN(C)C1CCCN(Cc2cccnc2C#N)C1. The Balaban J connectivity index is 2.03. The third-order valence-electron chi connectivity index (χ3n) is 3.60. The van der Waals surface area contributed by atoms with Gasteiger partial charge in [-0.3, -0.25) is 4.90 Å². The number of nitriles is 1. The fraction of sp³-hybridized carbons (Fsp3) is 0.571. The molecule has 4 nitrogen and oxygen atoms in total. The van der Waals surface area contributed by atoms with Crippen molar-refractivity contribution in [2.24, 2.45) is 0 Å². The van der Waals surface area contributed by atoms with Gasteiger partial charge in [-0.05, 0) is 39.5 Å². The lowest BCUT2D eigenvalue weighted by Crippen LogP contribution is -2.44. The second-order valence-corrected chi connectivity index (χ2v) is 5.12. The molecule has 18 heavy (non-hydrogen) atoms. The minimum atomic E-state index is 0.560. The van der Waals surface area contributed by atoms with E-state index in [4.69, 9.17) is 5.26 Å². The second-order valence-electron chi connectivity index (χ2n) is 5.12. The Hall–Kier alpha value is -1.44. The molecule has 0 spiro atoms. The highest BCUT2D eigenvalue weighted by Crippen LogP contribution is 2.17. The fourth-order valence-corrected chi connectivity index (χ4v) is 2.50. The zero-order valence-corrected chi connectivity index (χ0v) is 11.1. The van der Waals surface area contributed by atoms with E-state index in [-0.39, 0.29) is 0 Å². The lowest BCUT2D eigenvalue weighted by Gasteiger charge is -2.36. The largest absolute Gasteiger partial charge is 0.305 e. The zero-order chi connectivity index (χ0) is 13.0. The summed E-state index contributed by atoms with van der Waals surface area (Å²) in [4.78, 5) is 8.83. The fourth-order valence-electron chi connectivity index (χ4n) is 2.50. The molecule has 1 saturated heterocycles. The average Bonchev–Trinajstić information content (AvgIpc) is 2.39. The molecule has 0 saturated carbocycles. The molecule has 1 aliphatic rings. The van der Waals surface area contributed by atoms with Crippen molar-refractivity contribution in [3.8, 4) is 6.07 Å². The van der Waals surface area contributed by atoms with E-state index >= 15 is 0 Å². The van der Waals surface area contributed by atoms with Crippen molar-refractivity contribution < 1.29 is 0 Å². The maximum atomic E-state index is 9.05. The van der Waals surface area contributed by atoms with Gasteiger partial charge in [0.15, 0.2) is 0 Å². The molecule has 1 unspecified atom stereocenters. The van der Waals surface area contributed by atoms with E-state index in [1.54, 1.807) is 6.20 Å². The van der Waals surface area contributed by atoms with Crippen LogP contribution in [0, 0.1) is 11.3 Å². The van der Waals surface area contributed by atoms with Crippen molar-refractivity contribution in [1.29, 1.82) is 5.26 Å². The van der Waals surface area contributed by atoms with Gasteiger partial charge in [0, 0.05) is 30.9 Å². The molecule has 0 aromatic carbocycles. The molecular weight excluding hydrogens is 224 g/mol. The van der Waals surface area contributed by atoms with Gasteiger partial charge in [0.1, 0.15) is 11.8 Å². The summed E-state index contributed by atoms with van der Waals surface area (Å²) in [6.07, 6.45) is 4.17. The summed E-state index contributed by atoms with van der Waals surface area (Å²) in [6, 6.07) is 6.71. The molecular formula is C14H20N4. The summed E-state index contributed by atoms with van der Waals surface area (Å²) in [6.45, 7) is 3.03. The van der Waals surface area contributed by atoms with E-state index in [2.05, 4.69) is 34.9 Å². The van der Waals surface area contributed by atoms with Crippen LogP contribution in [0.25, 0.3) is 0 Å². The molecule has 1 fully saturated rings. The van der Waals surface area contributed by atoms with Gasteiger partial charge in [0.05, 0.1) is 0 Å². The molecule has 4 heteroatoms. The Kier molecular flexibility index (Phi) is 4.29. The highest BCUT2D eigenvalue weighted by atomic mass is 15.2. The van der Waals surface area contributed by atoms with E-state index in [1.165, 1.54) is 12.8 Å². The van der Waals surface area contributed by atoms with Crippen LogP contribution in [0.4, 0.5) is 0 Å². The van der Waals surface area contributed by atoms with E-state index in [0.29, 0.717) is 11.7 Å². The number of hydrogen-bond acceptors (Lipinski definition) is 4. The standard InChI is InChI=1S/C14H20N4/c1-17(2)13-6-4-8-18(11-13)10-12-5-3-7-16-14(12)9-15/h3,5,7,13H,4,6,8,10-11H2,1-2H3. The quantitative estimate of drug-likeness (QED) is 0.808. The number of aromatic nitrogens is 1. The van der Waals surface area contributed by atoms with Crippen molar-refractivity contribution in [2.75, 3.05) is 27.2 Å². The summed E-state index contributed by atoms with van der Waals surface area (Å²) in [5.74, 6) is 0. The van der Waals surface area contributed by atoms with E-state index in [9.17, 15) is 0 Å². The summed E-state index contributed by atoms with van der Waals surface area (Å²) in [5, 5.41) is 9.05. The second kappa shape index (κ2) is 5.94. The van der Waals surface area contributed by atoms with Crippen LogP contribution in [0.3, 0.4) is 0 Å². The predicted molar refractivity (Wildman–Crippen MR) is 70.9 cm³/mol. The van der Waals surface area contributed by atoms with Crippen LogP contribution in [0.2, 0.25) is 0 Å². The molecule has 2 heterocycles. The molecule has 0 N–H and O–H groups in total. The van der Waals surface area contributed by atoms with Crippen molar-refractivity contribution in [2.45, 2.75) is 25.4 Å². The van der Waals surface area contributed by atoms with Crippen LogP contribution in [0.5, 0.6) is 0 Å². The first-order valence-corrected chi connectivity index (χ1v) is 6.43. The first-order chi connectivity index (χ1) is 8.70. The number of nitrogens with zero attached hydrogens (tertiary/aromatic N) is 4. The highest BCUT2D eigenvalue weighted by Gasteiger charge is 2.21. The van der Waals surface area contributed by atoms with Crippen molar-refractivity contribution in [1.82, 2.24) is 14.8 Å². The topological polar surface area (TPSA) is 43.2 Å². The maximum Gasteiger partial charge on any atom is 0.144 e. The molecule has 1 aromatic rings. The van der Waals surface area contributed by atoms with Crippen molar-refractivity contribution in [3.05, 3.63) is 29.6 Å². The third kappa shape index (κ3) is 3.06. The number of likely N-dealkylation sites (N-methyl/N-ethyl adjacent to an activating group) is 1. The monoisotopic (exact) mass is 244 g/mol. The van der Waals surface area contributed by atoms with Gasteiger partial charge in [-0.1, -0.05) is 6.07 Å². The molecule has 2 rings (SSSR count). The van der Waals surface area contributed by atoms with Crippen LogP contribution >= 0.6 is 0 Å². The summed E-state index contributed by atoms with van der Waals surface area (Å²) >= 11 is 0. The van der Waals surface area contributed by atoms with Crippen LogP contribution in [-0.4, -0.2) is 48.0 Å². The smallest absolute Gasteiger partial charge is 0.144 e. The number of rotatable bonds is 3. The average molecular weight is 244 g/mol. The first-order valence-electron chi connectivity index (χ1n) is 6.43. The Bertz CT molecular complexity index is 436. The number of likely N-dealkylation sites (tertiary alicyclic amines) is 1. The molecule has 1 atom stereocenters. The molecule has 96 valence electrons. The van der Waals surface area contributed by atoms with Crippen LogP contribution in [0.1, 0.15) is 24.1 Å². The predicted octanol–water partition coefficient (Wildman–Crippen LogP) is 1.48. The van der Waals surface area contributed by atoms with Crippen molar-refractivity contribution >= 4 is 0 Å². The van der Waals surface area contributed by atoms with Gasteiger partial charge in [-0.25, -0.2) is 4.98 Å². The van der Waals surface area contributed by atoms with Gasteiger partial charge in [0.2, 0.25) is 0 Å². The lowest BCUT2D eigenvalue weighted by molar-refractivity contribution is 0.128. The van der Waals surface area contributed by atoms with Gasteiger partial charge in [0.25, 0.3) is 0 Å². The van der Waals surface area contributed by atoms with Crippen LogP contribution < -0.4 is 0 Å². The van der Waals surface area contributed by atoms with Crippen molar-refractivity contribution in [3.63, 3.8) is 0 Å². The van der Waals surface area contributed by atoms with Gasteiger partial charge >= 0.3 is 0 Å². The number of pyridine rings is 1.